The molecule has 0 aromatic heterocycles. The predicted molar refractivity (Wildman–Crippen MR) is 75.6 cm³/mol. The Balaban J connectivity index is 1.99. The van der Waals surface area contributed by atoms with E-state index in [1.165, 1.54) is 12.1 Å². The van der Waals surface area contributed by atoms with Crippen LogP contribution in [0.15, 0.2) is 35.9 Å². The van der Waals surface area contributed by atoms with Gasteiger partial charge in [0.25, 0.3) is 11.8 Å². The first kappa shape index (κ1) is 14.4. The summed E-state index contributed by atoms with van der Waals surface area (Å²) in [7, 11) is 0. The molecule has 6 heteroatoms. The number of alkyl halides is 2. The third-order valence-corrected chi connectivity index (χ3v) is 3.80. The molecule has 22 heavy (non-hydrogen) atoms. The first-order valence-electron chi connectivity index (χ1n) is 6.85. The minimum absolute atomic E-state index is 0.00292. The first-order chi connectivity index (χ1) is 10.4. The highest BCUT2D eigenvalue weighted by molar-refractivity contribution is 5.98. The average Bonchev–Trinajstić information content (AvgIpc) is 2.73. The van der Waals surface area contributed by atoms with Gasteiger partial charge in [-0.2, -0.15) is 8.78 Å². The van der Waals surface area contributed by atoms with Crippen LogP contribution in [0.4, 0.5) is 8.78 Å². The fourth-order valence-corrected chi connectivity index (χ4v) is 2.81. The fourth-order valence-electron chi connectivity index (χ4n) is 2.81. The number of carboxylic acid groups (broad SMARTS) is 1. The number of benzene rings is 1. The molecule has 0 aliphatic heterocycles. The van der Waals surface area contributed by atoms with Gasteiger partial charge in [0, 0.05) is 16.7 Å². The van der Waals surface area contributed by atoms with E-state index in [0.29, 0.717) is 17.6 Å². The van der Waals surface area contributed by atoms with Crippen molar-refractivity contribution in [3.8, 4) is 0 Å². The standard InChI is InChI=1S/C16H13F2NO3/c17-16(18)12-4-2-1-3-10(12)11-6-5-9(7-13(11)16)15(22)19-8-14(20)21/h3-7H,1-2,8H2,(H,19,22)(H,20,21). The first-order valence-corrected chi connectivity index (χ1v) is 6.85. The topological polar surface area (TPSA) is 66.4 Å². The summed E-state index contributed by atoms with van der Waals surface area (Å²) in [6.07, 6.45) is 4.63. The fraction of sp³-hybridized carbons (Fsp3) is 0.250. The molecule has 0 bridgehead atoms. The van der Waals surface area contributed by atoms with Crippen LogP contribution in [0.25, 0.3) is 5.57 Å². The van der Waals surface area contributed by atoms with Gasteiger partial charge < -0.3 is 10.4 Å². The van der Waals surface area contributed by atoms with Crippen LogP contribution < -0.4 is 5.32 Å². The van der Waals surface area contributed by atoms with E-state index in [1.54, 1.807) is 12.2 Å². The number of nitrogens with one attached hydrogen (secondary N) is 1. The zero-order chi connectivity index (χ0) is 15.9. The Hall–Kier alpha value is -2.50. The molecule has 0 heterocycles. The van der Waals surface area contributed by atoms with Gasteiger partial charge in [-0.15, -0.1) is 0 Å². The quantitative estimate of drug-likeness (QED) is 0.902. The molecule has 114 valence electrons. The van der Waals surface area contributed by atoms with Gasteiger partial charge in [-0.25, -0.2) is 0 Å². The van der Waals surface area contributed by atoms with E-state index in [9.17, 15) is 18.4 Å². The largest absolute Gasteiger partial charge is 0.480 e. The number of fused-ring (bicyclic) bond motifs is 3. The van der Waals surface area contributed by atoms with Crippen molar-refractivity contribution in [1.82, 2.24) is 5.32 Å². The van der Waals surface area contributed by atoms with Crippen molar-refractivity contribution in [2.75, 3.05) is 6.54 Å². The SMILES string of the molecule is O=C(O)CNC(=O)c1ccc2c(c1)C(F)(F)C1=CCCC=C12. The number of aliphatic carboxylic acids is 1. The number of carbonyl (C=O) groups excluding carboxylic acids is 1. The Bertz CT molecular complexity index is 735. The third-order valence-electron chi connectivity index (χ3n) is 3.80. The second-order valence-corrected chi connectivity index (χ2v) is 5.22. The summed E-state index contributed by atoms with van der Waals surface area (Å²) in [5.74, 6) is -5.00. The highest BCUT2D eigenvalue weighted by Crippen LogP contribution is 2.53. The van der Waals surface area contributed by atoms with Crippen molar-refractivity contribution in [3.05, 3.63) is 52.6 Å². The van der Waals surface area contributed by atoms with Crippen molar-refractivity contribution >= 4 is 17.4 Å². The van der Waals surface area contributed by atoms with Crippen molar-refractivity contribution < 1.29 is 23.5 Å². The lowest BCUT2D eigenvalue weighted by Gasteiger charge is -2.15. The van der Waals surface area contributed by atoms with Gasteiger partial charge in [-0.1, -0.05) is 18.2 Å². The molecule has 0 saturated heterocycles. The molecule has 2 N–H and O–H groups in total. The van der Waals surface area contributed by atoms with E-state index < -0.39 is 24.3 Å². The molecule has 0 atom stereocenters. The number of halogens is 2. The van der Waals surface area contributed by atoms with E-state index in [1.807, 2.05) is 0 Å². The highest BCUT2D eigenvalue weighted by Gasteiger charge is 2.47. The van der Waals surface area contributed by atoms with Crippen LogP contribution in [-0.2, 0) is 10.7 Å². The molecule has 4 nitrogen and oxygen atoms in total. The van der Waals surface area contributed by atoms with Gasteiger partial charge >= 0.3 is 5.97 Å². The lowest BCUT2D eigenvalue weighted by Crippen LogP contribution is -2.29. The maximum Gasteiger partial charge on any atom is 0.322 e. The molecule has 0 saturated carbocycles. The second-order valence-electron chi connectivity index (χ2n) is 5.22. The van der Waals surface area contributed by atoms with Crippen molar-refractivity contribution in [3.63, 3.8) is 0 Å². The molecule has 2 aliphatic rings. The molecule has 1 aromatic carbocycles. The van der Waals surface area contributed by atoms with Crippen LogP contribution in [-0.4, -0.2) is 23.5 Å². The minimum atomic E-state index is -3.12. The van der Waals surface area contributed by atoms with E-state index in [4.69, 9.17) is 5.11 Å². The summed E-state index contributed by atoms with van der Waals surface area (Å²) in [4.78, 5) is 22.3. The van der Waals surface area contributed by atoms with Crippen molar-refractivity contribution in [1.29, 1.82) is 0 Å². The molecular weight excluding hydrogens is 292 g/mol. The van der Waals surface area contributed by atoms with Gasteiger partial charge in [-0.05, 0) is 36.1 Å². The molecule has 1 amide bonds. The number of allylic oxidation sites excluding steroid dienone is 4. The van der Waals surface area contributed by atoms with Gasteiger partial charge in [0.05, 0.1) is 0 Å². The smallest absolute Gasteiger partial charge is 0.322 e. The third kappa shape index (κ3) is 2.20. The van der Waals surface area contributed by atoms with Crippen LogP contribution in [0.1, 0.15) is 34.3 Å². The molecule has 0 spiro atoms. The zero-order valence-electron chi connectivity index (χ0n) is 11.5. The number of carboxylic acids is 1. The highest BCUT2D eigenvalue weighted by atomic mass is 19.3. The van der Waals surface area contributed by atoms with E-state index in [2.05, 4.69) is 5.32 Å². The summed E-state index contributed by atoms with van der Waals surface area (Å²) in [6.45, 7) is -0.553. The van der Waals surface area contributed by atoms with Crippen LogP contribution in [0, 0.1) is 0 Å². The van der Waals surface area contributed by atoms with E-state index in [0.717, 1.165) is 12.5 Å². The van der Waals surface area contributed by atoms with Crippen LogP contribution >= 0.6 is 0 Å². The number of carbonyl (C=O) groups is 2. The maximum atomic E-state index is 14.5. The van der Waals surface area contributed by atoms with Gasteiger partial charge in [0.15, 0.2) is 0 Å². The van der Waals surface area contributed by atoms with Gasteiger partial charge in [-0.3, -0.25) is 9.59 Å². The molecule has 0 fully saturated rings. The molecule has 2 aliphatic carbocycles. The Morgan fingerprint density at radius 1 is 1.23 bits per heavy atom. The number of rotatable bonds is 3. The normalized spacial score (nSPS) is 17.9. The monoisotopic (exact) mass is 305 g/mol. The molecule has 1 aromatic rings. The Kier molecular flexibility index (Phi) is 3.31. The predicted octanol–water partition coefficient (Wildman–Crippen LogP) is 2.71. The van der Waals surface area contributed by atoms with E-state index >= 15 is 0 Å². The van der Waals surface area contributed by atoms with Crippen LogP contribution in [0.3, 0.4) is 0 Å². The number of hydrogen-bond donors (Lipinski definition) is 2. The Morgan fingerprint density at radius 3 is 2.68 bits per heavy atom. The maximum absolute atomic E-state index is 14.5. The van der Waals surface area contributed by atoms with Gasteiger partial charge in [0.2, 0.25) is 0 Å². The van der Waals surface area contributed by atoms with E-state index in [-0.39, 0.29) is 16.7 Å². The van der Waals surface area contributed by atoms with Crippen LogP contribution in [0.5, 0.6) is 0 Å². The number of amides is 1. The van der Waals surface area contributed by atoms with Crippen molar-refractivity contribution in [2.45, 2.75) is 18.8 Å². The van der Waals surface area contributed by atoms with Crippen LogP contribution in [0.2, 0.25) is 0 Å². The molecule has 0 radical (unpaired) electrons. The second kappa shape index (κ2) is 5.05. The molecule has 3 rings (SSSR count). The summed E-state index contributed by atoms with van der Waals surface area (Å²) < 4.78 is 29.0. The van der Waals surface area contributed by atoms with Gasteiger partial charge in [0.1, 0.15) is 6.54 Å². The zero-order valence-corrected chi connectivity index (χ0v) is 11.5. The average molecular weight is 305 g/mol. The van der Waals surface area contributed by atoms with Crippen molar-refractivity contribution in [2.24, 2.45) is 0 Å². The summed E-state index contributed by atoms with van der Waals surface area (Å²) >= 11 is 0. The number of hydrogen-bond acceptors (Lipinski definition) is 2. The lowest BCUT2D eigenvalue weighted by atomic mass is 9.97. The lowest BCUT2D eigenvalue weighted by molar-refractivity contribution is -0.135. The molecule has 0 unspecified atom stereocenters. The molecular formula is C16H13F2NO3. The minimum Gasteiger partial charge on any atom is -0.480 e. The Labute approximate surface area is 125 Å². The summed E-state index contributed by atoms with van der Waals surface area (Å²) in [5, 5.41) is 10.7. The summed E-state index contributed by atoms with van der Waals surface area (Å²) in [5.41, 5.74) is 0.792. The Morgan fingerprint density at radius 2 is 1.95 bits per heavy atom. The summed E-state index contributed by atoms with van der Waals surface area (Å²) in [6, 6.07) is 4.08.